The smallest absolute Gasteiger partial charge is 0.261 e. The van der Waals surface area contributed by atoms with Gasteiger partial charge in [0.2, 0.25) is 0 Å². The van der Waals surface area contributed by atoms with Gasteiger partial charge >= 0.3 is 0 Å². The van der Waals surface area contributed by atoms with Crippen molar-refractivity contribution in [3.05, 3.63) is 59.9 Å². The number of benzene rings is 2. The lowest BCUT2D eigenvalue weighted by Gasteiger charge is -2.08. The Hall–Kier alpha value is -1.92. The number of nitrogens with two attached hydrogens (primary N) is 1. The molecule has 0 aliphatic heterocycles. The number of halogens is 1. The lowest BCUT2D eigenvalue weighted by molar-refractivity contribution is 0.601. The SMILES string of the molecule is NCCc1ccc(S(=O)(=O)Nc2cccc(F)c2)cc1. The van der Waals surface area contributed by atoms with Crippen LogP contribution in [-0.2, 0) is 16.4 Å². The van der Waals surface area contributed by atoms with Gasteiger partial charge < -0.3 is 5.73 Å². The Kier molecular flexibility index (Phi) is 4.36. The minimum absolute atomic E-state index is 0.127. The van der Waals surface area contributed by atoms with Crippen LogP contribution in [0.4, 0.5) is 10.1 Å². The summed E-state index contributed by atoms with van der Waals surface area (Å²) in [5.74, 6) is -0.497. The molecule has 2 rings (SSSR count). The Labute approximate surface area is 117 Å². The van der Waals surface area contributed by atoms with E-state index in [0.29, 0.717) is 13.0 Å². The van der Waals surface area contributed by atoms with Crippen LogP contribution in [0.3, 0.4) is 0 Å². The van der Waals surface area contributed by atoms with Gasteiger partial charge in [-0.05, 0) is 48.9 Å². The van der Waals surface area contributed by atoms with E-state index >= 15 is 0 Å². The molecule has 0 aromatic heterocycles. The largest absolute Gasteiger partial charge is 0.330 e. The molecule has 3 N–H and O–H groups in total. The fourth-order valence-corrected chi connectivity index (χ4v) is 2.82. The number of hydrogen-bond acceptors (Lipinski definition) is 3. The lowest BCUT2D eigenvalue weighted by atomic mass is 10.2. The van der Waals surface area contributed by atoms with Gasteiger partial charge in [0, 0.05) is 0 Å². The molecule has 2 aromatic carbocycles. The maximum Gasteiger partial charge on any atom is 0.261 e. The molecule has 0 aliphatic rings. The second-order valence-electron chi connectivity index (χ2n) is 4.30. The summed E-state index contributed by atoms with van der Waals surface area (Å²) in [6.45, 7) is 0.508. The van der Waals surface area contributed by atoms with Crippen molar-refractivity contribution in [3.8, 4) is 0 Å². The topological polar surface area (TPSA) is 72.2 Å². The quantitative estimate of drug-likeness (QED) is 0.887. The summed E-state index contributed by atoms with van der Waals surface area (Å²) in [4.78, 5) is 0.127. The average molecular weight is 294 g/mol. The number of rotatable bonds is 5. The number of anilines is 1. The molecule has 0 saturated carbocycles. The number of hydrogen-bond donors (Lipinski definition) is 2. The van der Waals surface area contributed by atoms with Crippen LogP contribution >= 0.6 is 0 Å². The van der Waals surface area contributed by atoms with Crippen LogP contribution in [0.2, 0.25) is 0 Å². The van der Waals surface area contributed by atoms with Gasteiger partial charge in [0.1, 0.15) is 5.82 Å². The highest BCUT2D eigenvalue weighted by Gasteiger charge is 2.14. The second-order valence-corrected chi connectivity index (χ2v) is 5.98. The molecule has 0 bridgehead atoms. The predicted octanol–water partition coefficient (Wildman–Crippen LogP) is 2.13. The average Bonchev–Trinajstić information content (AvgIpc) is 2.39. The monoisotopic (exact) mass is 294 g/mol. The standard InChI is InChI=1S/C14H15FN2O2S/c15-12-2-1-3-13(10-12)17-20(18,19)14-6-4-11(5-7-14)8-9-16/h1-7,10,17H,8-9,16H2. The van der Waals surface area contributed by atoms with Crippen LogP contribution in [0.25, 0.3) is 0 Å². The van der Waals surface area contributed by atoms with E-state index < -0.39 is 15.8 Å². The summed E-state index contributed by atoms with van der Waals surface area (Å²) in [7, 11) is -3.71. The van der Waals surface area contributed by atoms with Crippen LogP contribution in [0.5, 0.6) is 0 Å². The van der Waals surface area contributed by atoms with E-state index in [1.807, 2.05) is 0 Å². The van der Waals surface area contributed by atoms with Crippen molar-refractivity contribution in [3.63, 3.8) is 0 Å². The van der Waals surface area contributed by atoms with Gasteiger partial charge in [-0.25, -0.2) is 12.8 Å². The highest BCUT2D eigenvalue weighted by molar-refractivity contribution is 7.92. The zero-order valence-corrected chi connectivity index (χ0v) is 11.5. The van der Waals surface area contributed by atoms with E-state index in [2.05, 4.69) is 4.72 Å². The minimum atomic E-state index is -3.71. The van der Waals surface area contributed by atoms with Gasteiger partial charge in [-0.15, -0.1) is 0 Å². The van der Waals surface area contributed by atoms with Crippen molar-refractivity contribution in [2.75, 3.05) is 11.3 Å². The molecule has 0 spiro atoms. The highest BCUT2D eigenvalue weighted by atomic mass is 32.2. The van der Waals surface area contributed by atoms with Gasteiger partial charge in [-0.2, -0.15) is 0 Å². The lowest BCUT2D eigenvalue weighted by Crippen LogP contribution is -2.13. The Balaban J connectivity index is 2.21. The maximum atomic E-state index is 13.0. The Bertz CT molecular complexity index is 685. The Morgan fingerprint density at radius 1 is 1.10 bits per heavy atom. The van der Waals surface area contributed by atoms with Gasteiger partial charge in [-0.1, -0.05) is 18.2 Å². The summed E-state index contributed by atoms with van der Waals surface area (Å²) in [6.07, 6.45) is 0.692. The van der Waals surface area contributed by atoms with Gasteiger partial charge in [0.05, 0.1) is 10.6 Å². The number of sulfonamides is 1. The first-order valence-corrected chi connectivity index (χ1v) is 7.57. The normalized spacial score (nSPS) is 11.3. The van der Waals surface area contributed by atoms with E-state index in [1.54, 1.807) is 12.1 Å². The Morgan fingerprint density at radius 3 is 2.40 bits per heavy atom. The molecule has 0 fully saturated rings. The van der Waals surface area contributed by atoms with E-state index in [9.17, 15) is 12.8 Å². The van der Waals surface area contributed by atoms with Gasteiger partial charge in [0.25, 0.3) is 10.0 Å². The van der Waals surface area contributed by atoms with E-state index in [1.165, 1.54) is 30.3 Å². The molecule has 0 amide bonds. The van der Waals surface area contributed by atoms with Crippen molar-refractivity contribution in [2.24, 2.45) is 5.73 Å². The first-order valence-electron chi connectivity index (χ1n) is 6.09. The van der Waals surface area contributed by atoms with Gasteiger partial charge in [-0.3, -0.25) is 4.72 Å². The maximum absolute atomic E-state index is 13.0. The van der Waals surface area contributed by atoms with E-state index in [0.717, 1.165) is 11.6 Å². The van der Waals surface area contributed by atoms with Crippen molar-refractivity contribution in [1.82, 2.24) is 0 Å². The summed E-state index contributed by atoms with van der Waals surface area (Å²) in [6, 6.07) is 11.7. The fraction of sp³-hybridized carbons (Fsp3) is 0.143. The molecule has 6 heteroatoms. The van der Waals surface area contributed by atoms with Crippen LogP contribution in [0, 0.1) is 5.82 Å². The molecule has 0 aliphatic carbocycles. The van der Waals surface area contributed by atoms with E-state index in [4.69, 9.17) is 5.73 Å². The first kappa shape index (κ1) is 14.5. The molecule has 2 aromatic rings. The van der Waals surface area contributed by atoms with Crippen molar-refractivity contribution >= 4 is 15.7 Å². The van der Waals surface area contributed by atoms with Crippen molar-refractivity contribution in [1.29, 1.82) is 0 Å². The predicted molar refractivity (Wildman–Crippen MR) is 76.4 cm³/mol. The summed E-state index contributed by atoms with van der Waals surface area (Å²) < 4.78 is 39.6. The fourth-order valence-electron chi connectivity index (χ4n) is 1.77. The zero-order valence-electron chi connectivity index (χ0n) is 10.7. The molecule has 0 radical (unpaired) electrons. The van der Waals surface area contributed by atoms with Crippen LogP contribution in [-0.4, -0.2) is 15.0 Å². The molecular formula is C14H15FN2O2S. The van der Waals surface area contributed by atoms with Crippen molar-refractivity contribution in [2.45, 2.75) is 11.3 Å². The van der Waals surface area contributed by atoms with Gasteiger partial charge in [0.15, 0.2) is 0 Å². The highest BCUT2D eigenvalue weighted by Crippen LogP contribution is 2.17. The Morgan fingerprint density at radius 2 is 1.80 bits per heavy atom. The number of nitrogens with one attached hydrogen (secondary N) is 1. The zero-order chi connectivity index (χ0) is 14.6. The second kappa shape index (κ2) is 6.02. The van der Waals surface area contributed by atoms with Crippen molar-refractivity contribution < 1.29 is 12.8 Å². The first-order chi connectivity index (χ1) is 9.51. The molecule has 0 heterocycles. The third-order valence-corrected chi connectivity index (χ3v) is 4.14. The van der Waals surface area contributed by atoms with Crippen LogP contribution in [0.15, 0.2) is 53.4 Å². The molecule has 0 unspecified atom stereocenters. The third kappa shape index (κ3) is 3.55. The molecule has 0 saturated heterocycles. The summed E-state index contributed by atoms with van der Waals surface area (Å²) in [5, 5.41) is 0. The van der Waals surface area contributed by atoms with Crippen LogP contribution < -0.4 is 10.5 Å². The molecular weight excluding hydrogens is 279 g/mol. The van der Waals surface area contributed by atoms with E-state index in [-0.39, 0.29) is 10.6 Å². The minimum Gasteiger partial charge on any atom is -0.330 e. The van der Waals surface area contributed by atoms with Crippen LogP contribution in [0.1, 0.15) is 5.56 Å². The summed E-state index contributed by atoms with van der Waals surface area (Å²) >= 11 is 0. The molecule has 4 nitrogen and oxygen atoms in total. The molecule has 20 heavy (non-hydrogen) atoms. The molecule has 106 valence electrons. The molecule has 0 atom stereocenters. The third-order valence-electron chi connectivity index (χ3n) is 2.74. The summed E-state index contributed by atoms with van der Waals surface area (Å²) in [5.41, 5.74) is 6.60.